The molecule has 5 rings (SSSR count). The number of methoxy groups -OCH3 is 1. The van der Waals surface area contributed by atoms with E-state index in [0.29, 0.717) is 45.0 Å². The minimum absolute atomic E-state index is 0.290. The monoisotopic (exact) mass is 546 g/mol. The second-order valence-corrected chi connectivity index (χ2v) is 9.76. The van der Waals surface area contributed by atoms with Gasteiger partial charge in [0.1, 0.15) is 32.7 Å². The molecule has 192 valence electrons. The van der Waals surface area contributed by atoms with E-state index in [-0.39, 0.29) is 10.9 Å². The van der Waals surface area contributed by atoms with Crippen molar-refractivity contribution in [1.82, 2.24) is 35.0 Å². The van der Waals surface area contributed by atoms with Crippen LogP contribution in [-0.4, -0.2) is 55.4 Å². The van der Waals surface area contributed by atoms with Crippen LogP contribution in [0.15, 0.2) is 54.3 Å². The number of nitrogens with one attached hydrogen (secondary N) is 2. The Kier molecular flexibility index (Phi) is 7.20. The van der Waals surface area contributed by atoms with Gasteiger partial charge in [-0.3, -0.25) is 5.32 Å². The number of hydrogen-bond donors (Lipinski definition) is 2. The average Bonchev–Trinajstić information content (AvgIpc) is 3.68. The average molecular weight is 547 g/mol. The maximum atomic E-state index is 12.6. The highest BCUT2D eigenvalue weighted by Gasteiger charge is 2.26. The number of urea groups is 1. The molecule has 0 saturated heterocycles. The third-order valence-corrected chi connectivity index (χ3v) is 7.38. The molecule has 4 heterocycles. The predicted octanol–water partition coefficient (Wildman–Crippen LogP) is 4.72. The Labute approximate surface area is 225 Å². The highest BCUT2D eigenvalue weighted by molar-refractivity contribution is 7.17. The van der Waals surface area contributed by atoms with Crippen molar-refractivity contribution < 1.29 is 14.3 Å². The lowest BCUT2D eigenvalue weighted by Gasteiger charge is -2.09. The van der Waals surface area contributed by atoms with E-state index in [9.17, 15) is 9.59 Å². The number of thiazole rings is 2. The molecule has 4 aromatic heterocycles. The van der Waals surface area contributed by atoms with Gasteiger partial charge in [-0.1, -0.05) is 30.3 Å². The van der Waals surface area contributed by atoms with E-state index in [0.717, 1.165) is 22.6 Å². The molecule has 0 aliphatic heterocycles. The zero-order valence-electron chi connectivity index (χ0n) is 20.6. The fourth-order valence-corrected chi connectivity index (χ4v) is 5.52. The number of hydrogen-bond acceptors (Lipinski definition) is 10. The van der Waals surface area contributed by atoms with Gasteiger partial charge in [-0.15, -0.1) is 22.7 Å². The van der Waals surface area contributed by atoms with Gasteiger partial charge in [-0.25, -0.2) is 34.2 Å². The number of pyridine rings is 1. The lowest BCUT2D eigenvalue weighted by Crippen LogP contribution is -2.28. The molecule has 5 aromatic rings. The summed E-state index contributed by atoms with van der Waals surface area (Å²) in [6.45, 7) is 2.31. The van der Waals surface area contributed by atoms with Crippen molar-refractivity contribution in [3.63, 3.8) is 0 Å². The van der Waals surface area contributed by atoms with Crippen LogP contribution in [0.1, 0.15) is 16.6 Å². The molecule has 0 aliphatic rings. The number of carbonyl (C=O) groups is 2. The summed E-state index contributed by atoms with van der Waals surface area (Å²) >= 11 is 2.62. The lowest BCUT2D eigenvalue weighted by atomic mass is 10.1. The second-order valence-electron chi connectivity index (χ2n) is 7.90. The summed E-state index contributed by atoms with van der Waals surface area (Å²) in [5.41, 5.74) is 3.51. The van der Waals surface area contributed by atoms with Crippen LogP contribution < -0.4 is 10.6 Å². The predicted molar refractivity (Wildman–Crippen MR) is 146 cm³/mol. The fraction of sp³-hybridized carbons (Fsp3) is 0.160. The first-order chi connectivity index (χ1) is 18.5. The summed E-state index contributed by atoms with van der Waals surface area (Å²) < 4.78 is 6.55. The van der Waals surface area contributed by atoms with Crippen LogP contribution in [0.3, 0.4) is 0 Å². The molecule has 0 unspecified atom stereocenters. The maximum absolute atomic E-state index is 12.6. The van der Waals surface area contributed by atoms with Crippen LogP contribution in [0, 0.1) is 0 Å². The first kappa shape index (κ1) is 25.2. The number of anilines is 1. The number of rotatable bonds is 7. The molecular formula is C25H22N8O3S2. The van der Waals surface area contributed by atoms with Gasteiger partial charge in [-0.05, 0) is 13.0 Å². The Hall–Kier alpha value is -4.49. The first-order valence-electron chi connectivity index (χ1n) is 11.5. The van der Waals surface area contributed by atoms with Gasteiger partial charge < -0.3 is 10.1 Å². The summed E-state index contributed by atoms with van der Waals surface area (Å²) in [7, 11) is 3.04. The van der Waals surface area contributed by atoms with E-state index >= 15 is 0 Å². The first-order valence-corrected chi connectivity index (χ1v) is 13.2. The summed E-state index contributed by atoms with van der Waals surface area (Å²) in [5.74, 6) is 0.248. The number of carbonyl (C=O) groups excluding carboxylic acids is 2. The minimum Gasteiger partial charge on any atom is -0.465 e. The van der Waals surface area contributed by atoms with E-state index in [4.69, 9.17) is 14.7 Å². The van der Waals surface area contributed by atoms with E-state index < -0.39 is 5.97 Å². The molecule has 11 nitrogen and oxygen atoms in total. The third kappa shape index (κ3) is 5.01. The van der Waals surface area contributed by atoms with Crippen molar-refractivity contribution in [2.75, 3.05) is 19.0 Å². The minimum atomic E-state index is -0.531. The molecule has 0 radical (unpaired) electrons. The Bertz CT molecular complexity index is 1610. The van der Waals surface area contributed by atoms with Gasteiger partial charge in [0.15, 0.2) is 5.82 Å². The molecule has 0 aliphatic carbocycles. The summed E-state index contributed by atoms with van der Waals surface area (Å²) in [4.78, 5) is 43.4. The topological polar surface area (TPSA) is 137 Å². The molecule has 0 saturated carbocycles. The number of aromatic nitrogens is 6. The smallest absolute Gasteiger partial charge is 0.350 e. The summed E-state index contributed by atoms with van der Waals surface area (Å²) in [5, 5.41) is 12.7. The van der Waals surface area contributed by atoms with Gasteiger partial charge in [-0.2, -0.15) is 5.10 Å². The van der Waals surface area contributed by atoms with Crippen molar-refractivity contribution in [2.24, 2.45) is 7.05 Å². The number of esters is 1. The molecule has 0 atom stereocenters. The van der Waals surface area contributed by atoms with Crippen molar-refractivity contribution in [1.29, 1.82) is 0 Å². The Morgan fingerprint density at radius 3 is 2.61 bits per heavy atom. The standard InChI is InChI=1S/C25H22N8O3S2/c1-4-26-25(35)31-18-10-15(22-30-17(12-37-22)14-8-6-5-7-9-14)16(11-27-18)23-32-19(20(38-23)24(34)36-3)21-28-13-29-33(21)2/h5-13H,4H2,1-3H3,(H2,26,27,31,35). The fourth-order valence-electron chi connectivity index (χ4n) is 3.66. The maximum Gasteiger partial charge on any atom is 0.350 e. The van der Waals surface area contributed by atoms with Crippen molar-refractivity contribution in [3.8, 4) is 43.9 Å². The van der Waals surface area contributed by atoms with Gasteiger partial charge in [0.05, 0.1) is 12.8 Å². The normalized spacial score (nSPS) is 10.8. The second kappa shape index (κ2) is 10.9. The van der Waals surface area contributed by atoms with E-state index in [1.807, 2.05) is 42.6 Å². The highest BCUT2D eigenvalue weighted by atomic mass is 32.1. The van der Waals surface area contributed by atoms with Gasteiger partial charge in [0, 0.05) is 41.9 Å². The van der Waals surface area contributed by atoms with Crippen LogP contribution in [0.25, 0.3) is 43.9 Å². The number of nitrogens with zero attached hydrogens (tertiary/aromatic N) is 6. The summed E-state index contributed by atoms with van der Waals surface area (Å²) in [6, 6.07) is 11.2. The molecule has 0 bridgehead atoms. The van der Waals surface area contributed by atoms with Crippen LogP contribution in [-0.2, 0) is 11.8 Å². The van der Waals surface area contributed by atoms with E-state index in [1.54, 1.807) is 19.3 Å². The zero-order valence-corrected chi connectivity index (χ0v) is 22.3. The van der Waals surface area contributed by atoms with Crippen LogP contribution >= 0.6 is 22.7 Å². The Balaban J connectivity index is 1.65. The SMILES string of the molecule is CCNC(=O)Nc1cc(-c2nc(-c3ccccc3)cs2)c(-c2nc(-c3ncnn3C)c(C(=O)OC)s2)cn1. The molecular weight excluding hydrogens is 524 g/mol. The number of amides is 2. The Morgan fingerprint density at radius 1 is 1.08 bits per heavy atom. The Morgan fingerprint density at radius 2 is 1.89 bits per heavy atom. The molecule has 1 aromatic carbocycles. The largest absolute Gasteiger partial charge is 0.465 e. The molecule has 0 spiro atoms. The van der Waals surface area contributed by atoms with Crippen LogP contribution in [0.5, 0.6) is 0 Å². The van der Waals surface area contributed by atoms with Crippen molar-refractivity contribution >= 4 is 40.5 Å². The summed E-state index contributed by atoms with van der Waals surface area (Å²) in [6.07, 6.45) is 3.01. The number of aryl methyl sites for hydroxylation is 1. The quantitative estimate of drug-likeness (QED) is 0.280. The zero-order chi connectivity index (χ0) is 26.6. The molecule has 13 heteroatoms. The van der Waals surface area contributed by atoms with Gasteiger partial charge in [0.2, 0.25) is 0 Å². The lowest BCUT2D eigenvalue weighted by molar-refractivity contribution is 0.0606. The van der Waals surface area contributed by atoms with Gasteiger partial charge >= 0.3 is 12.0 Å². The third-order valence-electron chi connectivity index (χ3n) is 5.44. The number of benzene rings is 1. The van der Waals surface area contributed by atoms with Crippen molar-refractivity contribution in [3.05, 3.63) is 59.2 Å². The molecule has 2 N–H and O–H groups in total. The van der Waals surface area contributed by atoms with E-state index in [2.05, 4.69) is 25.7 Å². The van der Waals surface area contributed by atoms with Crippen molar-refractivity contribution in [2.45, 2.75) is 6.92 Å². The number of ether oxygens (including phenoxy) is 1. The highest BCUT2D eigenvalue weighted by Crippen LogP contribution is 2.40. The molecule has 2 amide bonds. The van der Waals surface area contributed by atoms with Crippen LogP contribution in [0.2, 0.25) is 0 Å². The molecule has 38 heavy (non-hydrogen) atoms. The molecule has 0 fully saturated rings. The van der Waals surface area contributed by atoms with E-state index in [1.165, 1.54) is 29.5 Å². The van der Waals surface area contributed by atoms with Gasteiger partial charge in [0.25, 0.3) is 0 Å². The van der Waals surface area contributed by atoms with Crippen LogP contribution in [0.4, 0.5) is 10.6 Å².